The highest BCUT2D eigenvalue weighted by Gasteiger charge is 2.45. The summed E-state index contributed by atoms with van der Waals surface area (Å²) in [5.41, 5.74) is 0.477. The SMILES string of the molecule is C.C=P(C)(C)CC[C@H]1OC(n2cnc3c(=O)[nH]c(C)nc32)[C@H](O)[C@@H]1O.C=P(C)(C)CC[C@H]1OC(n2cnc3c(=O)n(C)c(C)nc32)[C@H](O)[C@@H]1O. The Bertz CT molecular complexity index is 2040. The summed E-state index contributed by atoms with van der Waals surface area (Å²) in [5.74, 6) is 0.981. The third-order valence-electron chi connectivity index (χ3n) is 8.84. The van der Waals surface area contributed by atoms with Gasteiger partial charge in [-0.2, -0.15) is 0 Å². The lowest BCUT2D eigenvalue weighted by molar-refractivity contribution is -0.0353. The topological polar surface area (TPSA) is 216 Å². The molecule has 16 nitrogen and oxygen atoms in total. The molecule has 4 aromatic heterocycles. The lowest BCUT2D eigenvalue weighted by Gasteiger charge is -2.18. The van der Waals surface area contributed by atoms with Crippen LogP contribution in [0.1, 0.15) is 44.4 Å². The summed E-state index contributed by atoms with van der Waals surface area (Å²) < 4.78 is 16.2. The highest BCUT2D eigenvalue weighted by Crippen LogP contribution is 2.41. The van der Waals surface area contributed by atoms with Gasteiger partial charge in [0.15, 0.2) is 34.8 Å². The van der Waals surface area contributed by atoms with Crippen molar-refractivity contribution in [3.63, 3.8) is 0 Å². The zero-order valence-corrected chi connectivity index (χ0v) is 30.8. The second kappa shape index (κ2) is 15.0. The van der Waals surface area contributed by atoms with Gasteiger partial charge in [0.25, 0.3) is 11.1 Å². The number of aliphatic hydroxyl groups excluding tert-OH is 4. The van der Waals surface area contributed by atoms with E-state index >= 15 is 0 Å². The Morgan fingerprint density at radius 2 is 1.22 bits per heavy atom. The van der Waals surface area contributed by atoms with Crippen molar-refractivity contribution in [2.75, 3.05) is 39.0 Å². The summed E-state index contributed by atoms with van der Waals surface area (Å²) in [6.45, 7) is 9.37. The third-order valence-corrected chi connectivity index (χ3v) is 11.8. The number of H-pyrrole nitrogens is 1. The highest BCUT2D eigenvalue weighted by atomic mass is 31.2. The first-order valence-electron chi connectivity index (χ1n) is 16.0. The van der Waals surface area contributed by atoms with Gasteiger partial charge in [-0.05, 0) is 65.7 Å². The Hall–Kier alpha value is -2.94. The van der Waals surface area contributed by atoms with Crippen LogP contribution in [0.2, 0.25) is 0 Å². The summed E-state index contributed by atoms with van der Waals surface area (Å²) in [5, 5.41) is 41.5. The van der Waals surface area contributed by atoms with E-state index in [4.69, 9.17) is 9.47 Å². The number of aromatic nitrogens is 8. The van der Waals surface area contributed by atoms with Crippen LogP contribution in [0.15, 0.2) is 22.2 Å². The van der Waals surface area contributed by atoms with E-state index in [0.717, 1.165) is 12.3 Å². The Kier molecular flexibility index (Phi) is 11.9. The molecule has 0 saturated carbocycles. The molecule has 5 N–H and O–H groups in total. The molecule has 278 valence electrons. The van der Waals surface area contributed by atoms with E-state index in [9.17, 15) is 30.0 Å². The lowest BCUT2D eigenvalue weighted by atomic mass is 10.1. The van der Waals surface area contributed by atoms with Crippen molar-refractivity contribution in [3.8, 4) is 0 Å². The van der Waals surface area contributed by atoms with Crippen LogP contribution in [0, 0.1) is 13.8 Å². The molecule has 2 saturated heterocycles. The lowest BCUT2D eigenvalue weighted by Crippen LogP contribution is -2.32. The van der Waals surface area contributed by atoms with Gasteiger partial charge in [-0.1, -0.05) is 7.43 Å². The molecule has 0 aliphatic carbocycles. The number of aryl methyl sites for hydroxylation is 2. The molecule has 0 amide bonds. The van der Waals surface area contributed by atoms with Crippen molar-refractivity contribution in [1.82, 2.24) is 38.6 Å². The molecule has 2 fully saturated rings. The molecule has 6 heterocycles. The van der Waals surface area contributed by atoms with Crippen molar-refractivity contribution in [2.24, 2.45) is 7.05 Å². The monoisotopic (exact) mass is 738 g/mol. The number of aliphatic hydroxyl groups is 4. The van der Waals surface area contributed by atoms with Crippen LogP contribution in [0.5, 0.6) is 0 Å². The van der Waals surface area contributed by atoms with Gasteiger partial charge in [0.05, 0.1) is 24.9 Å². The van der Waals surface area contributed by atoms with Gasteiger partial charge >= 0.3 is 0 Å². The average Bonchev–Trinajstić information content (AvgIpc) is 3.75. The zero-order valence-electron chi connectivity index (χ0n) is 29.0. The minimum Gasteiger partial charge on any atom is -0.388 e. The maximum atomic E-state index is 12.3. The zero-order chi connectivity index (χ0) is 36.2. The number of hydrogen-bond donors (Lipinski definition) is 5. The number of aromatic amines is 1. The standard InChI is InChI=1S/C16H25N4O4P.C15H23N4O4P.CH4/c1-9-18-14-11(15(23)19(9)2)17-8-20(14)16-13(22)12(21)10(24-16)6-7-25(3,4)5;1-8-17-13-10(14(22)18-8)16-7-19(13)15-12(21)11(20)9(23-15)5-6-24(2,3)4;/h8,10,12-13,16,21-22H,3,6-7H2,1-2,4-5H3;7,9,11-12,15,20-21H,2,5-6H2,1,3-4H3,(H,17,18,22);1H4/t10-,12-,13-,16?;9-,11-,12-,15?;/m11./s1. The van der Waals surface area contributed by atoms with Crippen molar-refractivity contribution in [1.29, 1.82) is 0 Å². The number of imidazole rings is 2. The predicted molar refractivity (Wildman–Crippen MR) is 200 cm³/mol. The van der Waals surface area contributed by atoms with Crippen molar-refractivity contribution >= 4 is 48.7 Å². The Labute approximate surface area is 291 Å². The molecule has 50 heavy (non-hydrogen) atoms. The van der Waals surface area contributed by atoms with E-state index in [1.807, 2.05) is 0 Å². The van der Waals surface area contributed by atoms with Gasteiger partial charge in [-0.25, -0.2) is 19.9 Å². The van der Waals surface area contributed by atoms with Crippen LogP contribution in [-0.4, -0.2) is 147 Å². The van der Waals surface area contributed by atoms with Gasteiger partial charge in [-0.15, -0.1) is 26.4 Å². The van der Waals surface area contributed by atoms with Gasteiger partial charge in [-0.3, -0.25) is 23.3 Å². The smallest absolute Gasteiger partial charge is 0.281 e. The van der Waals surface area contributed by atoms with Crippen molar-refractivity contribution in [3.05, 3.63) is 45.0 Å². The number of rotatable bonds is 8. The molecule has 8 atom stereocenters. The van der Waals surface area contributed by atoms with Crippen LogP contribution in [0.4, 0.5) is 0 Å². The fraction of sp³-hybridized carbons (Fsp3) is 0.625. The van der Waals surface area contributed by atoms with Crippen LogP contribution in [0.3, 0.4) is 0 Å². The second-order valence-corrected chi connectivity index (χ2v) is 22.9. The molecule has 0 radical (unpaired) electrons. The largest absolute Gasteiger partial charge is 0.388 e. The highest BCUT2D eigenvalue weighted by molar-refractivity contribution is 7.72. The first kappa shape index (κ1) is 39.8. The molecule has 2 aliphatic heterocycles. The van der Waals surface area contributed by atoms with Crippen LogP contribution in [0.25, 0.3) is 22.3 Å². The number of nitrogens with zero attached hydrogens (tertiary/aromatic N) is 7. The summed E-state index contributed by atoms with van der Waals surface area (Å²) in [6.07, 6.45) is 7.29. The minimum absolute atomic E-state index is 0. The van der Waals surface area contributed by atoms with Crippen molar-refractivity contribution in [2.45, 2.75) is 83.2 Å². The van der Waals surface area contributed by atoms with E-state index < -0.39 is 62.9 Å². The number of fused-ring (bicyclic) bond motifs is 2. The fourth-order valence-corrected chi connectivity index (χ4v) is 7.81. The summed E-state index contributed by atoms with van der Waals surface area (Å²) in [7, 11) is 1.63. The van der Waals surface area contributed by atoms with E-state index in [-0.39, 0.29) is 29.6 Å². The van der Waals surface area contributed by atoms with E-state index in [0.29, 0.717) is 35.8 Å². The summed E-state index contributed by atoms with van der Waals surface area (Å²) in [6, 6.07) is 0. The molecule has 0 aromatic carbocycles. The molecule has 2 unspecified atom stereocenters. The maximum absolute atomic E-state index is 12.3. The van der Waals surface area contributed by atoms with Gasteiger partial charge in [0.2, 0.25) is 0 Å². The molecule has 6 rings (SSSR count). The second-order valence-electron chi connectivity index (χ2n) is 14.3. The normalized spacial score (nSPS) is 27.0. The summed E-state index contributed by atoms with van der Waals surface area (Å²) >= 11 is 0. The van der Waals surface area contributed by atoms with Gasteiger partial charge in [0, 0.05) is 7.05 Å². The predicted octanol–water partition coefficient (Wildman–Crippen LogP) is 0.940. The molecular formula is C32H52N8O8P2. The first-order chi connectivity index (χ1) is 22.8. The molecule has 18 heteroatoms. The fourth-order valence-electron chi connectivity index (χ4n) is 5.91. The number of ether oxygens (including phenoxy) is 2. The average molecular weight is 739 g/mol. The van der Waals surface area contributed by atoms with Crippen molar-refractivity contribution < 1.29 is 29.9 Å². The van der Waals surface area contributed by atoms with Crippen LogP contribution >= 0.6 is 13.8 Å². The molecule has 2 aliphatic rings. The van der Waals surface area contributed by atoms with E-state index in [2.05, 4.69) is 64.2 Å². The Morgan fingerprint density at radius 1 is 0.780 bits per heavy atom. The minimum atomic E-state index is -1.25. The van der Waals surface area contributed by atoms with Crippen LogP contribution < -0.4 is 11.1 Å². The molecule has 4 aromatic rings. The number of nitrogens with one attached hydrogen (secondary N) is 1. The number of hydrogen-bond acceptors (Lipinski definition) is 12. The maximum Gasteiger partial charge on any atom is 0.281 e. The quantitative estimate of drug-likeness (QED) is 0.160. The Morgan fingerprint density at radius 3 is 1.68 bits per heavy atom. The van der Waals surface area contributed by atoms with E-state index in [1.165, 1.54) is 26.4 Å². The van der Waals surface area contributed by atoms with Gasteiger partial charge in [0.1, 0.15) is 36.1 Å². The van der Waals surface area contributed by atoms with E-state index in [1.54, 1.807) is 20.9 Å². The summed E-state index contributed by atoms with van der Waals surface area (Å²) in [4.78, 5) is 43.7. The van der Waals surface area contributed by atoms with Gasteiger partial charge < -0.3 is 34.9 Å². The Balaban J connectivity index is 0.000000220. The van der Waals surface area contributed by atoms with Crippen LogP contribution in [-0.2, 0) is 16.5 Å². The molecule has 0 spiro atoms. The third kappa shape index (κ3) is 8.24. The molecule has 0 bridgehead atoms. The molecular weight excluding hydrogens is 686 g/mol. The first-order valence-corrected chi connectivity index (χ1v) is 22.1.